The van der Waals surface area contributed by atoms with E-state index in [0.29, 0.717) is 18.1 Å². The summed E-state index contributed by atoms with van der Waals surface area (Å²) in [6, 6.07) is 8.22. The Morgan fingerprint density at radius 1 is 1.33 bits per heavy atom. The quantitative estimate of drug-likeness (QED) is 0.871. The van der Waals surface area contributed by atoms with Gasteiger partial charge in [-0.25, -0.2) is 0 Å². The number of amides is 1. The molecule has 3 rings (SSSR count). The first-order chi connectivity index (χ1) is 11.7. The molecule has 0 aliphatic carbocycles. The van der Waals surface area contributed by atoms with Crippen molar-refractivity contribution in [1.29, 1.82) is 0 Å². The Morgan fingerprint density at radius 2 is 2.21 bits per heavy atom. The number of hydrogen-bond donors (Lipinski definition) is 1. The number of aromatic nitrogens is 2. The molecular weight excluding hydrogens is 324 g/mol. The number of nitrogens with one attached hydrogen (secondary N) is 1. The first-order valence-electron chi connectivity index (χ1n) is 8.25. The topological polar surface area (TPSA) is 67.4 Å². The summed E-state index contributed by atoms with van der Waals surface area (Å²) in [5.74, 6) is -0.0530. The summed E-state index contributed by atoms with van der Waals surface area (Å²) in [4.78, 5) is 17.5. The average Bonchev–Trinajstić information content (AvgIpc) is 3.03. The molecule has 0 radical (unpaired) electrons. The van der Waals surface area contributed by atoms with E-state index in [0.717, 1.165) is 37.4 Å². The van der Waals surface area contributed by atoms with Crippen molar-refractivity contribution in [2.75, 3.05) is 25.0 Å². The minimum absolute atomic E-state index is 0.0530. The lowest BCUT2D eigenvalue weighted by atomic mass is 10.1. The van der Waals surface area contributed by atoms with Crippen molar-refractivity contribution in [2.45, 2.75) is 32.6 Å². The van der Waals surface area contributed by atoms with E-state index < -0.39 is 0 Å². The molecule has 1 amide bonds. The number of carbonyl (C=O) groups is 1. The highest BCUT2D eigenvalue weighted by Gasteiger charge is 2.14. The van der Waals surface area contributed by atoms with Crippen LogP contribution in [0.15, 0.2) is 24.3 Å². The highest BCUT2D eigenvalue weighted by molar-refractivity contribution is 7.15. The lowest BCUT2D eigenvalue weighted by Crippen LogP contribution is -2.32. The smallest absolute Gasteiger partial charge is 0.227 e. The normalized spacial score (nSPS) is 15.4. The van der Waals surface area contributed by atoms with Crippen LogP contribution in [0.1, 0.15) is 35.4 Å². The maximum Gasteiger partial charge on any atom is 0.227 e. The second kappa shape index (κ2) is 8.32. The molecule has 1 aromatic carbocycles. The second-order valence-corrected chi connectivity index (χ2v) is 6.93. The predicted molar refractivity (Wildman–Crippen MR) is 93.9 cm³/mol. The Bertz CT molecular complexity index is 683. The van der Waals surface area contributed by atoms with E-state index in [2.05, 4.69) is 34.6 Å². The van der Waals surface area contributed by atoms with Gasteiger partial charge < -0.3 is 5.32 Å². The first-order valence-corrected chi connectivity index (χ1v) is 9.07. The van der Waals surface area contributed by atoms with Gasteiger partial charge in [0.2, 0.25) is 11.0 Å². The fourth-order valence-corrected chi connectivity index (χ4v) is 3.36. The summed E-state index contributed by atoms with van der Waals surface area (Å²) in [6.07, 6.45) is 3.35. The van der Waals surface area contributed by atoms with Crippen LogP contribution in [0.25, 0.3) is 0 Å². The van der Waals surface area contributed by atoms with Crippen LogP contribution >= 0.6 is 11.3 Å². The molecule has 1 fully saturated rings. The fourth-order valence-electron chi connectivity index (χ4n) is 2.58. The van der Waals surface area contributed by atoms with Crippen molar-refractivity contribution in [3.8, 4) is 0 Å². The molecule has 0 unspecified atom stereocenters. The zero-order valence-corrected chi connectivity index (χ0v) is 14.6. The average molecular weight is 346 g/mol. The van der Waals surface area contributed by atoms with Crippen molar-refractivity contribution in [3.63, 3.8) is 0 Å². The van der Waals surface area contributed by atoms with Crippen LogP contribution in [0.2, 0.25) is 0 Å². The predicted octanol–water partition coefficient (Wildman–Crippen LogP) is 2.79. The number of rotatable bonds is 6. The van der Waals surface area contributed by atoms with Crippen LogP contribution in [-0.4, -0.2) is 40.9 Å². The van der Waals surface area contributed by atoms with E-state index in [1.165, 1.54) is 22.5 Å². The summed E-state index contributed by atoms with van der Waals surface area (Å²) in [5, 5.41) is 14.4. The molecule has 0 atom stereocenters. The van der Waals surface area contributed by atoms with Crippen LogP contribution in [0, 0.1) is 6.92 Å². The number of benzene rings is 1. The summed E-state index contributed by atoms with van der Waals surface area (Å²) < 4.78 is 0. The first kappa shape index (κ1) is 17.0. The number of nitrogens with zero attached hydrogens (tertiary/aromatic N) is 3. The van der Waals surface area contributed by atoms with E-state index in [4.69, 9.17) is 4.84 Å². The number of anilines is 1. The van der Waals surface area contributed by atoms with Crippen LogP contribution in [0.5, 0.6) is 0 Å². The number of hydroxylamine groups is 2. The van der Waals surface area contributed by atoms with E-state index in [1.54, 1.807) is 0 Å². The highest BCUT2D eigenvalue weighted by atomic mass is 32.1. The zero-order chi connectivity index (χ0) is 16.8. The molecule has 6 nitrogen and oxygen atoms in total. The molecule has 0 spiro atoms. The van der Waals surface area contributed by atoms with Crippen molar-refractivity contribution in [1.82, 2.24) is 15.3 Å². The molecular formula is C17H22N4O2S. The van der Waals surface area contributed by atoms with Gasteiger partial charge in [-0.3, -0.25) is 9.63 Å². The van der Waals surface area contributed by atoms with Gasteiger partial charge in [-0.1, -0.05) is 35.6 Å². The maximum atomic E-state index is 12.0. The molecule has 2 aromatic rings. The van der Waals surface area contributed by atoms with Gasteiger partial charge >= 0.3 is 0 Å². The molecule has 128 valence electrons. The van der Waals surface area contributed by atoms with Gasteiger partial charge in [0.15, 0.2) is 0 Å². The number of carbonyl (C=O) groups excluding carboxylic acids is 1. The Kier molecular flexibility index (Phi) is 5.90. The second-order valence-electron chi connectivity index (χ2n) is 5.87. The monoisotopic (exact) mass is 346 g/mol. The molecule has 2 heterocycles. The Morgan fingerprint density at radius 3 is 3.00 bits per heavy atom. The molecule has 1 aromatic heterocycles. The lowest BCUT2D eigenvalue weighted by Gasteiger charge is -2.25. The van der Waals surface area contributed by atoms with Crippen molar-refractivity contribution >= 4 is 22.4 Å². The Hall–Kier alpha value is -1.83. The van der Waals surface area contributed by atoms with Crippen molar-refractivity contribution < 1.29 is 9.63 Å². The van der Waals surface area contributed by atoms with Gasteiger partial charge in [0, 0.05) is 25.9 Å². The fraction of sp³-hybridized carbons (Fsp3) is 0.471. The summed E-state index contributed by atoms with van der Waals surface area (Å²) in [6.45, 7) is 4.34. The van der Waals surface area contributed by atoms with E-state index in [-0.39, 0.29) is 5.91 Å². The molecule has 24 heavy (non-hydrogen) atoms. The molecule has 1 N–H and O–H groups in total. The standard InChI is InChI=1S/C17H22N4O2S/c1-13-6-2-3-7-14(13)12-16-19-20-17(24-16)18-15(22)8-10-21-9-4-5-11-23-21/h2-3,6-7H,4-5,8-12H2,1H3,(H,18,20,22). The Labute approximate surface area is 145 Å². The third-order valence-electron chi connectivity index (χ3n) is 3.98. The molecule has 0 saturated carbocycles. The highest BCUT2D eigenvalue weighted by Crippen LogP contribution is 2.20. The van der Waals surface area contributed by atoms with Crippen molar-refractivity contribution in [2.24, 2.45) is 0 Å². The summed E-state index contributed by atoms with van der Waals surface area (Å²) in [5.41, 5.74) is 2.47. The number of aryl methyl sites for hydroxylation is 1. The van der Waals surface area contributed by atoms with E-state index >= 15 is 0 Å². The third-order valence-corrected chi connectivity index (χ3v) is 4.82. The summed E-state index contributed by atoms with van der Waals surface area (Å²) in [7, 11) is 0. The molecule has 0 bridgehead atoms. The molecule has 1 aliphatic heterocycles. The summed E-state index contributed by atoms with van der Waals surface area (Å²) >= 11 is 1.43. The minimum Gasteiger partial charge on any atom is -0.300 e. The minimum atomic E-state index is -0.0530. The van der Waals surface area contributed by atoms with Gasteiger partial charge in [0.05, 0.1) is 6.61 Å². The van der Waals surface area contributed by atoms with Crippen LogP contribution < -0.4 is 5.32 Å². The Balaban J connectivity index is 1.48. The molecule has 1 aliphatic rings. The van der Waals surface area contributed by atoms with Gasteiger partial charge in [0.25, 0.3) is 0 Å². The van der Waals surface area contributed by atoms with Gasteiger partial charge in [-0.2, -0.15) is 5.06 Å². The van der Waals surface area contributed by atoms with E-state index in [9.17, 15) is 4.79 Å². The zero-order valence-electron chi connectivity index (χ0n) is 13.8. The van der Waals surface area contributed by atoms with Crippen LogP contribution in [-0.2, 0) is 16.1 Å². The largest absolute Gasteiger partial charge is 0.300 e. The lowest BCUT2D eigenvalue weighted by molar-refractivity contribution is -0.181. The van der Waals surface area contributed by atoms with Gasteiger partial charge in [-0.05, 0) is 30.9 Å². The van der Waals surface area contributed by atoms with Gasteiger partial charge in [-0.15, -0.1) is 10.2 Å². The van der Waals surface area contributed by atoms with Crippen molar-refractivity contribution in [3.05, 3.63) is 40.4 Å². The molecule has 1 saturated heterocycles. The third kappa shape index (κ3) is 4.83. The van der Waals surface area contributed by atoms with E-state index in [1.807, 2.05) is 17.2 Å². The number of hydrogen-bond acceptors (Lipinski definition) is 6. The SMILES string of the molecule is Cc1ccccc1Cc1nnc(NC(=O)CCN2CCCCO2)s1. The maximum absolute atomic E-state index is 12.0. The van der Waals surface area contributed by atoms with Crippen LogP contribution in [0.3, 0.4) is 0 Å². The molecule has 7 heteroatoms. The van der Waals surface area contributed by atoms with Gasteiger partial charge in [0.1, 0.15) is 5.01 Å². The van der Waals surface area contributed by atoms with Crippen LogP contribution in [0.4, 0.5) is 5.13 Å².